The van der Waals surface area contributed by atoms with Gasteiger partial charge in [-0.3, -0.25) is 9.59 Å². The standard InChI is InChI=1S/C41H46N2O7/c1-40(2,3)50-36(45)23-24-41(39(46)42-28-35(29-13-7-5-8-14-29)30-15-9-6-10-16-30)37(32-17-11-18-34(27-32)47-4)49-38(43-41)31-19-21-33(22-20-31)48-26-12-25-44/h5-11,13-22,27,35,37,44H,12,23-26,28H2,1-4H3,(H,42,46)/t37-,41-/m1/s1. The summed E-state index contributed by atoms with van der Waals surface area (Å²) in [4.78, 5) is 33.1. The highest BCUT2D eigenvalue weighted by atomic mass is 16.6. The molecule has 4 aromatic rings. The van der Waals surface area contributed by atoms with E-state index in [-0.39, 0.29) is 43.7 Å². The molecule has 0 unspecified atom stereocenters. The average molecular weight is 679 g/mol. The highest BCUT2D eigenvalue weighted by Gasteiger charge is 2.53. The van der Waals surface area contributed by atoms with E-state index in [1.165, 1.54) is 0 Å². The summed E-state index contributed by atoms with van der Waals surface area (Å²) in [5.41, 5.74) is 1.20. The number of hydrogen-bond donors (Lipinski definition) is 2. The minimum atomic E-state index is -1.53. The minimum absolute atomic E-state index is 0.0306. The Hall–Kier alpha value is -5.15. The average Bonchev–Trinajstić information content (AvgIpc) is 3.52. The van der Waals surface area contributed by atoms with Gasteiger partial charge in [-0.1, -0.05) is 72.8 Å². The first-order valence-electron chi connectivity index (χ1n) is 17.0. The fraction of sp³-hybridized carbons (Fsp3) is 0.341. The van der Waals surface area contributed by atoms with Crippen molar-refractivity contribution in [2.75, 3.05) is 26.9 Å². The first kappa shape index (κ1) is 36.1. The van der Waals surface area contributed by atoms with Crippen LogP contribution in [-0.2, 0) is 19.1 Å². The van der Waals surface area contributed by atoms with Gasteiger partial charge < -0.3 is 29.4 Å². The number of benzene rings is 4. The Balaban J connectivity index is 1.55. The van der Waals surface area contributed by atoms with Crippen molar-refractivity contribution in [2.45, 2.75) is 63.2 Å². The monoisotopic (exact) mass is 678 g/mol. The lowest BCUT2D eigenvalue weighted by Gasteiger charge is -2.32. The number of aliphatic hydroxyl groups is 1. The number of aliphatic hydroxyl groups excluding tert-OH is 1. The van der Waals surface area contributed by atoms with E-state index in [1.54, 1.807) is 19.2 Å². The number of aliphatic imine (C=N–C) groups is 1. The fourth-order valence-electron chi connectivity index (χ4n) is 6.01. The lowest BCUT2D eigenvalue weighted by Crippen LogP contribution is -2.49. The van der Waals surface area contributed by atoms with Crippen LogP contribution in [0.3, 0.4) is 0 Å². The molecule has 1 heterocycles. The van der Waals surface area contributed by atoms with Crippen LogP contribution in [0.4, 0.5) is 0 Å². The van der Waals surface area contributed by atoms with Gasteiger partial charge in [0.15, 0.2) is 11.6 Å². The van der Waals surface area contributed by atoms with E-state index in [1.807, 2.05) is 118 Å². The van der Waals surface area contributed by atoms with E-state index >= 15 is 0 Å². The van der Waals surface area contributed by atoms with Crippen molar-refractivity contribution >= 4 is 17.8 Å². The maximum Gasteiger partial charge on any atom is 0.306 e. The fourth-order valence-corrected chi connectivity index (χ4v) is 6.01. The second kappa shape index (κ2) is 16.5. The molecule has 0 fully saturated rings. The molecule has 50 heavy (non-hydrogen) atoms. The smallest absolute Gasteiger partial charge is 0.306 e. The van der Waals surface area contributed by atoms with Crippen LogP contribution in [0.1, 0.15) is 74.3 Å². The molecule has 1 amide bonds. The highest BCUT2D eigenvalue weighted by molar-refractivity contribution is 6.01. The Kier molecular flexibility index (Phi) is 11.9. The van der Waals surface area contributed by atoms with Crippen molar-refractivity contribution in [3.8, 4) is 11.5 Å². The molecule has 2 N–H and O–H groups in total. The van der Waals surface area contributed by atoms with Crippen molar-refractivity contribution in [3.63, 3.8) is 0 Å². The highest BCUT2D eigenvalue weighted by Crippen LogP contribution is 2.44. The summed E-state index contributed by atoms with van der Waals surface area (Å²) in [6, 6.07) is 34.7. The molecule has 9 heteroatoms. The zero-order valence-electron chi connectivity index (χ0n) is 29.1. The molecule has 262 valence electrons. The van der Waals surface area contributed by atoms with E-state index in [0.29, 0.717) is 35.7 Å². The Morgan fingerprint density at radius 1 is 0.900 bits per heavy atom. The van der Waals surface area contributed by atoms with Crippen LogP contribution in [0.5, 0.6) is 11.5 Å². The minimum Gasteiger partial charge on any atom is -0.497 e. The van der Waals surface area contributed by atoms with Gasteiger partial charge in [-0.2, -0.15) is 0 Å². The molecule has 9 nitrogen and oxygen atoms in total. The molecule has 0 bridgehead atoms. The molecular formula is C41H46N2O7. The third kappa shape index (κ3) is 9.09. The summed E-state index contributed by atoms with van der Waals surface area (Å²) in [5, 5.41) is 12.3. The first-order valence-corrected chi connectivity index (χ1v) is 17.0. The Labute approximate surface area is 294 Å². The van der Waals surface area contributed by atoms with Crippen molar-refractivity contribution in [1.82, 2.24) is 5.32 Å². The van der Waals surface area contributed by atoms with Gasteiger partial charge in [0.25, 0.3) is 5.91 Å². The number of carbonyl (C=O) groups is 2. The predicted octanol–water partition coefficient (Wildman–Crippen LogP) is 6.78. The van der Waals surface area contributed by atoms with E-state index in [4.69, 9.17) is 29.0 Å². The van der Waals surface area contributed by atoms with Gasteiger partial charge in [0.1, 0.15) is 17.1 Å². The molecule has 0 radical (unpaired) electrons. The second-order valence-electron chi connectivity index (χ2n) is 13.2. The molecule has 1 aliphatic rings. The number of amides is 1. The van der Waals surface area contributed by atoms with E-state index in [9.17, 15) is 9.59 Å². The number of rotatable bonds is 15. The number of ether oxygens (including phenoxy) is 4. The van der Waals surface area contributed by atoms with Crippen LogP contribution in [-0.4, -0.2) is 60.9 Å². The normalized spacial score (nSPS) is 17.1. The van der Waals surface area contributed by atoms with Crippen LogP contribution in [0, 0.1) is 0 Å². The van der Waals surface area contributed by atoms with Gasteiger partial charge in [0.05, 0.1) is 13.7 Å². The van der Waals surface area contributed by atoms with Crippen LogP contribution in [0.15, 0.2) is 114 Å². The summed E-state index contributed by atoms with van der Waals surface area (Å²) in [5.74, 6) is 0.550. The van der Waals surface area contributed by atoms with Crippen LogP contribution >= 0.6 is 0 Å². The van der Waals surface area contributed by atoms with Crippen LogP contribution in [0.2, 0.25) is 0 Å². The number of methoxy groups -OCH3 is 1. The van der Waals surface area contributed by atoms with Crippen LogP contribution in [0.25, 0.3) is 0 Å². The van der Waals surface area contributed by atoms with Gasteiger partial charge in [-0.25, -0.2) is 4.99 Å². The van der Waals surface area contributed by atoms with Crippen molar-refractivity contribution in [2.24, 2.45) is 4.99 Å². The summed E-state index contributed by atoms with van der Waals surface area (Å²) < 4.78 is 23.6. The number of carbonyl (C=O) groups excluding carboxylic acids is 2. The maximum absolute atomic E-state index is 14.8. The van der Waals surface area contributed by atoms with E-state index in [0.717, 1.165) is 11.1 Å². The summed E-state index contributed by atoms with van der Waals surface area (Å²) >= 11 is 0. The third-order valence-corrected chi connectivity index (χ3v) is 8.43. The van der Waals surface area contributed by atoms with E-state index < -0.39 is 23.2 Å². The largest absolute Gasteiger partial charge is 0.497 e. The second-order valence-corrected chi connectivity index (χ2v) is 13.2. The molecule has 0 aromatic heterocycles. The Morgan fingerprint density at radius 3 is 2.16 bits per heavy atom. The van der Waals surface area contributed by atoms with E-state index in [2.05, 4.69) is 5.32 Å². The third-order valence-electron chi connectivity index (χ3n) is 8.43. The summed E-state index contributed by atoms with van der Waals surface area (Å²) in [6.45, 7) is 6.14. The van der Waals surface area contributed by atoms with Gasteiger partial charge in [0, 0.05) is 37.5 Å². The first-order chi connectivity index (χ1) is 24.1. The Morgan fingerprint density at radius 2 is 1.56 bits per heavy atom. The number of nitrogens with zero attached hydrogens (tertiary/aromatic N) is 1. The summed E-state index contributed by atoms with van der Waals surface area (Å²) in [7, 11) is 1.58. The van der Waals surface area contributed by atoms with Gasteiger partial charge in [-0.15, -0.1) is 0 Å². The van der Waals surface area contributed by atoms with Gasteiger partial charge in [0.2, 0.25) is 5.90 Å². The molecule has 0 saturated carbocycles. The number of nitrogens with one attached hydrogen (secondary N) is 1. The zero-order chi connectivity index (χ0) is 35.6. The summed E-state index contributed by atoms with van der Waals surface area (Å²) in [6.07, 6.45) is -0.403. The molecule has 0 saturated heterocycles. The molecule has 0 aliphatic carbocycles. The zero-order valence-corrected chi connectivity index (χ0v) is 29.1. The van der Waals surface area contributed by atoms with Crippen molar-refractivity contribution in [1.29, 1.82) is 0 Å². The molecule has 1 aliphatic heterocycles. The topological polar surface area (TPSA) is 116 Å². The van der Waals surface area contributed by atoms with Gasteiger partial charge in [-0.05, 0) is 80.3 Å². The number of hydrogen-bond acceptors (Lipinski definition) is 8. The van der Waals surface area contributed by atoms with Gasteiger partial charge >= 0.3 is 5.97 Å². The molecule has 2 atom stereocenters. The lowest BCUT2D eigenvalue weighted by molar-refractivity contribution is -0.155. The molecule has 4 aromatic carbocycles. The molecule has 5 rings (SSSR count). The lowest BCUT2D eigenvalue weighted by atomic mass is 9.82. The van der Waals surface area contributed by atoms with Crippen molar-refractivity contribution in [3.05, 3.63) is 131 Å². The quantitative estimate of drug-likeness (QED) is 0.105. The SMILES string of the molecule is COc1cccc([C@H]2OC(c3ccc(OCCCO)cc3)=N[C@@]2(CCC(=O)OC(C)(C)C)C(=O)NCC(c2ccccc2)c2ccccc2)c1. The van der Waals surface area contributed by atoms with Crippen molar-refractivity contribution < 1.29 is 33.6 Å². The predicted molar refractivity (Wildman–Crippen MR) is 193 cm³/mol. The van der Waals surface area contributed by atoms with Crippen LogP contribution < -0.4 is 14.8 Å². The Bertz CT molecular complexity index is 1700. The molecule has 0 spiro atoms. The molecular weight excluding hydrogens is 632 g/mol. The maximum atomic E-state index is 14.8. The number of esters is 1.